The predicted molar refractivity (Wildman–Crippen MR) is 58.8 cm³/mol. The van der Waals surface area contributed by atoms with E-state index < -0.39 is 0 Å². The fraction of sp³-hybridized carbons (Fsp3) is 0.400. The minimum atomic E-state index is 0.649. The number of hydrogen-bond donors (Lipinski definition) is 1. The molecular weight excluding hydrogens is 194 g/mol. The lowest BCUT2D eigenvalue weighted by Gasteiger charge is -2.03. The number of rotatable bonds is 2. The average Bonchev–Trinajstić information content (AvgIpc) is 2.92. The average molecular weight is 205 g/mol. The number of aromatic nitrogens is 2. The molecule has 1 fully saturated rings. The van der Waals surface area contributed by atoms with Gasteiger partial charge in [0.1, 0.15) is 12.1 Å². The molecule has 0 aromatic carbocycles. The maximum atomic E-state index is 4.29. The van der Waals surface area contributed by atoms with Crippen molar-refractivity contribution in [3.63, 3.8) is 0 Å². The Morgan fingerprint density at radius 1 is 1.43 bits per heavy atom. The molecule has 0 radical (unpaired) electrons. The van der Waals surface area contributed by atoms with E-state index in [1.807, 2.05) is 0 Å². The molecule has 0 atom stereocenters. The van der Waals surface area contributed by atoms with E-state index in [0.29, 0.717) is 6.04 Å². The highest BCUT2D eigenvalue weighted by atomic mass is 32.1. The van der Waals surface area contributed by atoms with Gasteiger partial charge in [0.15, 0.2) is 0 Å². The Balaban J connectivity index is 2.12. The molecule has 1 aliphatic carbocycles. The number of thiophene rings is 1. The maximum Gasteiger partial charge on any atom is 0.147 e. The smallest absolute Gasteiger partial charge is 0.147 e. The van der Waals surface area contributed by atoms with Crippen LogP contribution >= 0.6 is 11.3 Å². The summed E-state index contributed by atoms with van der Waals surface area (Å²) in [5.74, 6) is 1.01. The van der Waals surface area contributed by atoms with Crippen LogP contribution in [0.15, 0.2) is 11.7 Å². The van der Waals surface area contributed by atoms with Crippen molar-refractivity contribution in [2.24, 2.45) is 0 Å². The van der Waals surface area contributed by atoms with Crippen molar-refractivity contribution in [3.8, 4) is 0 Å². The number of nitrogens with one attached hydrogen (secondary N) is 1. The van der Waals surface area contributed by atoms with Gasteiger partial charge in [-0.1, -0.05) is 0 Å². The Morgan fingerprint density at radius 2 is 2.29 bits per heavy atom. The van der Waals surface area contributed by atoms with Crippen LogP contribution in [0.3, 0.4) is 0 Å². The van der Waals surface area contributed by atoms with E-state index in [9.17, 15) is 0 Å². The summed E-state index contributed by atoms with van der Waals surface area (Å²) in [6.07, 6.45) is 4.19. The van der Waals surface area contributed by atoms with Gasteiger partial charge in [-0.15, -0.1) is 11.3 Å². The lowest BCUT2D eigenvalue weighted by molar-refractivity contribution is 1.11. The van der Waals surface area contributed by atoms with E-state index in [0.717, 1.165) is 11.3 Å². The second kappa shape index (κ2) is 2.92. The highest BCUT2D eigenvalue weighted by Crippen LogP contribution is 2.31. The van der Waals surface area contributed by atoms with E-state index in [1.165, 1.54) is 23.1 Å². The molecule has 4 heteroatoms. The highest BCUT2D eigenvalue weighted by molar-refractivity contribution is 7.18. The summed E-state index contributed by atoms with van der Waals surface area (Å²) in [4.78, 5) is 8.58. The topological polar surface area (TPSA) is 37.8 Å². The van der Waals surface area contributed by atoms with Gasteiger partial charge in [-0.3, -0.25) is 0 Å². The SMILES string of the molecule is Cc1csc2c(NC3CC3)ncnc12. The summed E-state index contributed by atoms with van der Waals surface area (Å²) in [5, 5.41) is 5.57. The van der Waals surface area contributed by atoms with Gasteiger partial charge in [0.25, 0.3) is 0 Å². The predicted octanol–water partition coefficient (Wildman–Crippen LogP) is 2.57. The third kappa shape index (κ3) is 1.26. The molecule has 2 heterocycles. The zero-order chi connectivity index (χ0) is 9.54. The highest BCUT2D eigenvalue weighted by Gasteiger charge is 2.22. The van der Waals surface area contributed by atoms with Crippen molar-refractivity contribution >= 4 is 27.4 Å². The van der Waals surface area contributed by atoms with Crippen LogP contribution in [0.5, 0.6) is 0 Å². The molecule has 0 bridgehead atoms. The lowest BCUT2D eigenvalue weighted by Crippen LogP contribution is -2.03. The second-order valence-corrected chi connectivity index (χ2v) is 4.62. The first-order chi connectivity index (χ1) is 6.84. The summed E-state index contributed by atoms with van der Waals surface area (Å²) < 4.78 is 1.19. The van der Waals surface area contributed by atoms with Gasteiger partial charge in [0.05, 0.1) is 10.2 Å². The molecule has 1 saturated carbocycles. The van der Waals surface area contributed by atoms with Crippen LogP contribution in [-0.2, 0) is 0 Å². The Kier molecular flexibility index (Phi) is 1.70. The van der Waals surface area contributed by atoms with Crippen LogP contribution in [-0.4, -0.2) is 16.0 Å². The molecule has 0 aliphatic heterocycles. The Hall–Kier alpha value is -1.16. The lowest BCUT2D eigenvalue weighted by atomic mass is 10.3. The van der Waals surface area contributed by atoms with Crippen molar-refractivity contribution in [1.29, 1.82) is 0 Å². The normalized spacial score (nSPS) is 16.1. The molecule has 3 rings (SSSR count). The van der Waals surface area contributed by atoms with E-state index in [4.69, 9.17) is 0 Å². The molecule has 0 spiro atoms. The molecule has 72 valence electrons. The minimum Gasteiger partial charge on any atom is -0.366 e. The maximum absolute atomic E-state index is 4.29. The van der Waals surface area contributed by atoms with Crippen LogP contribution in [0, 0.1) is 6.92 Å². The van der Waals surface area contributed by atoms with Crippen molar-refractivity contribution in [1.82, 2.24) is 9.97 Å². The van der Waals surface area contributed by atoms with Crippen LogP contribution in [0.1, 0.15) is 18.4 Å². The zero-order valence-electron chi connectivity index (χ0n) is 7.95. The second-order valence-electron chi connectivity index (χ2n) is 3.74. The molecule has 2 aromatic heterocycles. The molecule has 1 aliphatic rings. The number of fused-ring (bicyclic) bond motifs is 1. The summed E-state index contributed by atoms with van der Waals surface area (Å²) in [6.45, 7) is 2.09. The van der Waals surface area contributed by atoms with Crippen molar-refractivity contribution in [3.05, 3.63) is 17.3 Å². The molecule has 0 saturated heterocycles. The Labute approximate surface area is 86.2 Å². The molecule has 0 amide bonds. The Bertz CT molecular complexity index is 473. The van der Waals surface area contributed by atoms with Gasteiger partial charge >= 0.3 is 0 Å². The van der Waals surface area contributed by atoms with Gasteiger partial charge in [0.2, 0.25) is 0 Å². The summed E-state index contributed by atoms with van der Waals surface area (Å²) in [7, 11) is 0. The van der Waals surface area contributed by atoms with E-state index >= 15 is 0 Å². The third-order valence-electron chi connectivity index (χ3n) is 2.45. The Morgan fingerprint density at radius 3 is 3.07 bits per heavy atom. The summed E-state index contributed by atoms with van der Waals surface area (Å²) >= 11 is 1.72. The molecule has 1 N–H and O–H groups in total. The molecule has 0 unspecified atom stereocenters. The monoisotopic (exact) mass is 205 g/mol. The van der Waals surface area contributed by atoms with E-state index in [1.54, 1.807) is 17.7 Å². The molecule has 2 aromatic rings. The first-order valence-electron chi connectivity index (χ1n) is 4.80. The molecule has 3 nitrogen and oxygen atoms in total. The van der Waals surface area contributed by atoms with Gasteiger partial charge in [-0.05, 0) is 30.7 Å². The van der Waals surface area contributed by atoms with Gasteiger partial charge in [0, 0.05) is 6.04 Å². The third-order valence-corrected chi connectivity index (χ3v) is 3.54. The standard InChI is InChI=1S/C10H11N3S/c1-6-4-14-9-8(6)11-5-12-10(9)13-7-2-3-7/h4-5,7H,2-3H2,1H3,(H,11,12,13). The molecule has 14 heavy (non-hydrogen) atoms. The van der Waals surface area contributed by atoms with Crippen LogP contribution in [0.4, 0.5) is 5.82 Å². The minimum absolute atomic E-state index is 0.649. The zero-order valence-corrected chi connectivity index (χ0v) is 8.77. The first kappa shape index (κ1) is 8.17. The number of nitrogens with zero attached hydrogens (tertiary/aromatic N) is 2. The van der Waals surface area contributed by atoms with Gasteiger partial charge < -0.3 is 5.32 Å². The number of aryl methyl sites for hydroxylation is 1. The van der Waals surface area contributed by atoms with Crippen molar-refractivity contribution < 1.29 is 0 Å². The van der Waals surface area contributed by atoms with Gasteiger partial charge in [-0.25, -0.2) is 9.97 Å². The van der Waals surface area contributed by atoms with Crippen LogP contribution in [0.25, 0.3) is 10.2 Å². The summed E-state index contributed by atoms with van der Waals surface area (Å²) in [5.41, 5.74) is 2.33. The number of anilines is 1. The first-order valence-corrected chi connectivity index (χ1v) is 5.68. The van der Waals surface area contributed by atoms with Crippen LogP contribution < -0.4 is 5.32 Å². The number of hydrogen-bond acceptors (Lipinski definition) is 4. The van der Waals surface area contributed by atoms with Crippen molar-refractivity contribution in [2.45, 2.75) is 25.8 Å². The van der Waals surface area contributed by atoms with Gasteiger partial charge in [-0.2, -0.15) is 0 Å². The quantitative estimate of drug-likeness (QED) is 0.818. The molecular formula is C10H11N3S. The fourth-order valence-corrected chi connectivity index (χ4v) is 2.45. The van der Waals surface area contributed by atoms with E-state index in [2.05, 4.69) is 27.6 Å². The van der Waals surface area contributed by atoms with Crippen molar-refractivity contribution in [2.75, 3.05) is 5.32 Å². The summed E-state index contributed by atoms with van der Waals surface area (Å²) in [6, 6.07) is 0.649. The van der Waals surface area contributed by atoms with Crippen LogP contribution in [0.2, 0.25) is 0 Å². The van der Waals surface area contributed by atoms with E-state index in [-0.39, 0.29) is 0 Å². The fourth-order valence-electron chi connectivity index (χ4n) is 1.49. The largest absolute Gasteiger partial charge is 0.366 e.